The lowest BCUT2D eigenvalue weighted by molar-refractivity contribution is -0.122. The molecule has 2 aromatic rings. The van der Waals surface area contributed by atoms with E-state index in [1.807, 2.05) is 32.9 Å². The van der Waals surface area contributed by atoms with Crippen molar-refractivity contribution >= 4 is 23.0 Å². The predicted octanol–water partition coefficient (Wildman–Crippen LogP) is 3.13. The van der Waals surface area contributed by atoms with Crippen molar-refractivity contribution in [3.05, 3.63) is 40.8 Å². The zero-order valence-electron chi connectivity index (χ0n) is 18.6. The lowest BCUT2D eigenvalue weighted by Crippen LogP contribution is -2.56. The van der Waals surface area contributed by atoms with E-state index in [-0.39, 0.29) is 18.0 Å². The molecule has 1 aliphatic rings. The maximum absolute atomic E-state index is 12.8. The average Bonchev–Trinajstić information content (AvgIpc) is 2.93. The number of hydrogen-bond acceptors (Lipinski definition) is 5. The van der Waals surface area contributed by atoms with Crippen LogP contribution in [0.5, 0.6) is 0 Å². The molecule has 0 atom stereocenters. The van der Waals surface area contributed by atoms with Gasteiger partial charge < -0.3 is 15.4 Å². The van der Waals surface area contributed by atoms with Gasteiger partial charge in [0.15, 0.2) is 0 Å². The number of fused-ring (bicyclic) bond motifs is 1. The van der Waals surface area contributed by atoms with Crippen molar-refractivity contribution in [2.45, 2.75) is 77.0 Å². The minimum absolute atomic E-state index is 0.107. The SMILES string of the molecule is CC(C)(C)OC(=O)NC1(CNC(=O)Cn2c(=O)cnc3ccccc32)CCCCCC1. The fourth-order valence-corrected chi connectivity index (χ4v) is 4.02. The first-order valence-corrected chi connectivity index (χ1v) is 10.9. The number of benzene rings is 1. The molecule has 8 heteroatoms. The number of nitrogens with one attached hydrogen (secondary N) is 2. The van der Waals surface area contributed by atoms with E-state index in [0.717, 1.165) is 38.5 Å². The van der Waals surface area contributed by atoms with Crippen LogP contribution in [0.4, 0.5) is 4.79 Å². The molecule has 0 unspecified atom stereocenters. The number of carbonyl (C=O) groups excluding carboxylic acids is 2. The third-order valence-electron chi connectivity index (χ3n) is 5.51. The van der Waals surface area contributed by atoms with Gasteiger partial charge in [-0.3, -0.25) is 14.2 Å². The number of carbonyl (C=O) groups is 2. The molecule has 1 aliphatic carbocycles. The summed E-state index contributed by atoms with van der Waals surface area (Å²) < 4.78 is 6.87. The second-order valence-electron chi connectivity index (χ2n) is 9.27. The number of aromatic nitrogens is 2. The second-order valence-corrected chi connectivity index (χ2v) is 9.27. The molecule has 2 amide bonds. The van der Waals surface area contributed by atoms with Gasteiger partial charge in [0.25, 0.3) is 5.56 Å². The number of para-hydroxylation sites is 2. The van der Waals surface area contributed by atoms with Gasteiger partial charge in [0.2, 0.25) is 5.91 Å². The number of hydrogen-bond donors (Lipinski definition) is 2. The molecule has 8 nitrogen and oxygen atoms in total. The minimum Gasteiger partial charge on any atom is -0.444 e. The first kappa shape index (κ1) is 22.8. The Balaban J connectivity index is 1.71. The summed E-state index contributed by atoms with van der Waals surface area (Å²) in [6.45, 7) is 5.66. The van der Waals surface area contributed by atoms with Crippen LogP contribution in [0.15, 0.2) is 35.3 Å². The molecular weight excluding hydrogens is 396 g/mol. The molecule has 1 fully saturated rings. The van der Waals surface area contributed by atoms with Gasteiger partial charge >= 0.3 is 6.09 Å². The maximum Gasteiger partial charge on any atom is 0.408 e. The molecule has 0 saturated heterocycles. The summed E-state index contributed by atoms with van der Waals surface area (Å²) >= 11 is 0. The van der Waals surface area contributed by atoms with Crippen LogP contribution in [0.3, 0.4) is 0 Å². The van der Waals surface area contributed by atoms with Crippen LogP contribution >= 0.6 is 0 Å². The van der Waals surface area contributed by atoms with E-state index < -0.39 is 17.2 Å². The number of nitrogens with zero attached hydrogens (tertiary/aromatic N) is 2. The quantitative estimate of drug-likeness (QED) is 0.713. The van der Waals surface area contributed by atoms with E-state index in [1.165, 1.54) is 10.8 Å². The standard InChI is InChI=1S/C23H32N4O4/c1-22(2,3)31-21(30)26-23(12-8-4-5-9-13-23)16-25-19(28)15-27-18-11-7-6-10-17(18)24-14-20(27)29/h6-7,10-11,14H,4-5,8-9,12-13,15-16H2,1-3H3,(H,25,28)(H,26,30). The third-order valence-corrected chi connectivity index (χ3v) is 5.51. The molecule has 3 rings (SSSR count). The maximum atomic E-state index is 12.8. The van der Waals surface area contributed by atoms with Gasteiger partial charge in [0.1, 0.15) is 12.1 Å². The van der Waals surface area contributed by atoms with Crippen molar-refractivity contribution in [2.75, 3.05) is 6.54 Å². The van der Waals surface area contributed by atoms with E-state index in [0.29, 0.717) is 17.6 Å². The molecule has 0 spiro atoms. The van der Waals surface area contributed by atoms with E-state index in [1.54, 1.807) is 12.1 Å². The smallest absolute Gasteiger partial charge is 0.408 e. The van der Waals surface area contributed by atoms with Gasteiger partial charge in [-0.05, 0) is 45.7 Å². The Morgan fingerprint density at radius 2 is 1.81 bits per heavy atom. The van der Waals surface area contributed by atoms with Crippen molar-refractivity contribution in [2.24, 2.45) is 0 Å². The normalized spacial score (nSPS) is 16.4. The van der Waals surface area contributed by atoms with E-state index >= 15 is 0 Å². The zero-order chi connectivity index (χ0) is 22.5. The van der Waals surface area contributed by atoms with E-state index in [2.05, 4.69) is 15.6 Å². The molecule has 1 saturated carbocycles. The number of alkyl carbamates (subject to hydrolysis) is 1. The molecule has 0 radical (unpaired) electrons. The second kappa shape index (κ2) is 9.49. The summed E-state index contributed by atoms with van der Waals surface area (Å²) in [4.78, 5) is 41.7. The van der Waals surface area contributed by atoms with Crippen LogP contribution in [-0.4, -0.2) is 39.2 Å². The largest absolute Gasteiger partial charge is 0.444 e. The summed E-state index contributed by atoms with van der Waals surface area (Å²) in [5, 5.41) is 5.97. The van der Waals surface area contributed by atoms with E-state index in [9.17, 15) is 14.4 Å². The van der Waals surface area contributed by atoms with E-state index in [4.69, 9.17) is 4.74 Å². The average molecular weight is 429 g/mol. The third kappa shape index (κ3) is 6.29. The Bertz CT molecular complexity index is 985. The van der Waals surface area contributed by atoms with Crippen LogP contribution in [0.25, 0.3) is 11.0 Å². The monoisotopic (exact) mass is 428 g/mol. The Hall–Kier alpha value is -2.90. The molecule has 31 heavy (non-hydrogen) atoms. The van der Waals surface area contributed by atoms with Crippen molar-refractivity contribution in [1.29, 1.82) is 0 Å². The Morgan fingerprint density at radius 1 is 1.13 bits per heavy atom. The Morgan fingerprint density at radius 3 is 2.48 bits per heavy atom. The van der Waals surface area contributed by atoms with Crippen molar-refractivity contribution in [1.82, 2.24) is 20.2 Å². The summed E-state index contributed by atoms with van der Waals surface area (Å²) in [6, 6.07) is 7.22. The molecule has 1 heterocycles. The van der Waals surface area contributed by atoms with Crippen LogP contribution in [-0.2, 0) is 16.1 Å². The molecule has 0 aliphatic heterocycles. The van der Waals surface area contributed by atoms with Gasteiger partial charge in [-0.1, -0.05) is 37.8 Å². The Kier molecular flexibility index (Phi) is 6.97. The highest BCUT2D eigenvalue weighted by atomic mass is 16.6. The topological polar surface area (TPSA) is 102 Å². The van der Waals surface area contributed by atoms with Crippen molar-refractivity contribution in [3.8, 4) is 0 Å². The first-order valence-electron chi connectivity index (χ1n) is 10.9. The van der Waals surface area contributed by atoms with Gasteiger partial charge in [-0.25, -0.2) is 9.78 Å². The fourth-order valence-electron chi connectivity index (χ4n) is 4.02. The van der Waals surface area contributed by atoms with Crippen LogP contribution in [0.1, 0.15) is 59.3 Å². The highest BCUT2D eigenvalue weighted by Gasteiger charge is 2.34. The van der Waals surface area contributed by atoms with Crippen molar-refractivity contribution < 1.29 is 14.3 Å². The van der Waals surface area contributed by atoms with Gasteiger partial charge in [0.05, 0.1) is 22.8 Å². The van der Waals surface area contributed by atoms with Gasteiger partial charge in [-0.2, -0.15) is 0 Å². The van der Waals surface area contributed by atoms with Crippen molar-refractivity contribution in [3.63, 3.8) is 0 Å². The number of ether oxygens (including phenoxy) is 1. The number of rotatable bonds is 5. The highest BCUT2D eigenvalue weighted by molar-refractivity contribution is 5.80. The summed E-state index contributed by atoms with van der Waals surface area (Å²) in [6.07, 6.45) is 6.44. The molecule has 2 N–H and O–H groups in total. The van der Waals surface area contributed by atoms with Crippen LogP contribution in [0, 0.1) is 0 Å². The fraction of sp³-hybridized carbons (Fsp3) is 0.565. The lowest BCUT2D eigenvalue weighted by Gasteiger charge is -2.35. The Labute approximate surface area is 182 Å². The molecule has 168 valence electrons. The molecule has 1 aromatic carbocycles. The first-order chi connectivity index (χ1) is 14.7. The lowest BCUT2D eigenvalue weighted by atomic mass is 9.90. The molecular formula is C23H32N4O4. The zero-order valence-corrected chi connectivity index (χ0v) is 18.6. The summed E-state index contributed by atoms with van der Waals surface area (Å²) in [5.41, 5.74) is -0.212. The molecule has 1 aromatic heterocycles. The summed E-state index contributed by atoms with van der Waals surface area (Å²) in [7, 11) is 0. The van der Waals surface area contributed by atoms with Gasteiger partial charge in [0, 0.05) is 6.54 Å². The van der Waals surface area contributed by atoms with Crippen LogP contribution < -0.4 is 16.2 Å². The van der Waals surface area contributed by atoms with Crippen LogP contribution in [0.2, 0.25) is 0 Å². The minimum atomic E-state index is -0.594. The van der Waals surface area contributed by atoms with Gasteiger partial charge in [-0.15, -0.1) is 0 Å². The number of amides is 2. The predicted molar refractivity (Wildman–Crippen MR) is 119 cm³/mol. The molecule has 0 bridgehead atoms. The summed E-state index contributed by atoms with van der Waals surface area (Å²) in [5.74, 6) is -0.284. The highest BCUT2D eigenvalue weighted by Crippen LogP contribution is 2.27.